The summed E-state index contributed by atoms with van der Waals surface area (Å²) in [7, 11) is 0. The predicted molar refractivity (Wildman–Crippen MR) is 110 cm³/mol. The van der Waals surface area contributed by atoms with E-state index in [1.165, 1.54) is 89.6 Å². The van der Waals surface area contributed by atoms with Crippen LogP contribution in [0.25, 0.3) is 0 Å². The van der Waals surface area contributed by atoms with Crippen molar-refractivity contribution in [2.24, 2.45) is 0 Å². The maximum absolute atomic E-state index is 3.68. The number of thioether (sulfide) groups is 1. The van der Waals surface area contributed by atoms with Gasteiger partial charge in [-0.05, 0) is 62.3 Å². The van der Waals surface area contributed by atoms with Gasteiger partial charge in [-0.25, -0.2) is 0 Å². The van der Waals surface area contributed by atoms with E-state index in [9.17, 15) is 0 Å². The highest BCUT2D eigenvalue weighted by atomic mass is 32.2. The number of hydrogen-bond acceptors (Lipinski definition) is 3. The Morgan fingerprint density at radius 1 is 1.12 bits per heavy atom. The van der Waals surface area contributed by atoms with E-state index in [0.717, 1.165) is 12.6 Å². The van der Waals surface area contributed by atoms with E-state index >= 15 is 0 Å². The molecule has 0 saturated heterocycles. The second kappa shape index (κ2) is 13.0. The predicted octanol–water partition coefficient (Wildman–Crippen LogP) is 5.37. The van der Waals surface area contributed by atoms with Crippen LogP contribution in [0.15, 0.2) is 23.1 Å². The first kappa shape index (κ1) is 20.1. The van der Waals surface area contributed by atoms with Crippen LogP contribution in [-0.2, 0) is 0 Å². The van der Waals surface area contributed by atoms with Gasteiger partial charge in [0.25, 0.3) is 0 Å². The van der Waals surface area contributed by atoms with Crippen molar-refractivity contribution in [3.63, 3.8) is 0 Å². The molecule has 1 N–H and O–H groups in total. The molecule has 2 aliphatic carbocycles. The standard InChI is InChI=1S/C21H38N2S/c1-2-3-17-23(20-11-6-4-7-12-20)18-16-22-15-10-19-24-21-13-8-5-9-14-21/h5,8,13,20,22H,2-4,6-7,9-12,14-19H2,1H3. The van der Waals surface area contributed by atoms with Gasteiger partial charge in [-0.2, -0.15) is 0 Å². The molecular weight excluding hydrogens is 312 g/mol. The van der Waals surface area contributed by atoms with Crippen molar-refractivity contribution >= 4 is 11.8 Å². The third-order valence-corrected chi connectivity index (χ3v) is 6.43. The zero-order valence-electron chi connectivity index (χ0n) is 15.8. The summed E-state index contributed by atoms with van der Waals surface area (Å²) in [6, 6.07) is 0.869. The highest BCUT2D eigenvalue weighted by molar-refractivity contribution is 8.03. The van der Waals surface area contributed by atoms with Crippen LogP contribution in [0.5, 0.6) is 0 Å². The molecular formula is C21H38N2S. The van der Waals surface area contributed by atoms with Crippen LogP contribution in [0, 0.1) is 0 Å². The first-order chi connectivity index (χ1) is 11.9. The molecule has 1 saturated carbocycles. The molecule has 1 fully saturated rings. The summed E-state index contributed by atoms with van der Waals surface area (Å²) in [5, 5.41) is 3.68. The second-order valence-electron chi connectivity index (χ2n) is 7.23. The first-order valence-corrected chi connectivity index (χ1v) is 11.3. The Labute approximate surface area is 154 Å². The summed E-state index contributed by atoms with van der Waals surface area (Å²) >= 11 is 2.05. The molecule has 3 heteroatoms. The monoisotopic (exact) mass is 350 g/mol. The van der Waals surface area contributed by atoms with Gasteiger partial charge in [0.05, 0.1) is 0 Å². The van der Waals surface area contributed by atoms with Crippen molar-refractivity contribution in [1.82, 2.24) is 10.2 Å². The SMILES string of the molecule is CCCCN(CCNCCCSC1=CC=CCC1)C1CCCCC1. The smallest absolute Gasteiger partial charge is 0.0110 e. The number of allylic oxidation sites excluding steroid dienone is 4. The van der Waals surface area contributed by atoms with Gasteiger partial charge in [0.1, 0.15) is 0 Å². The van der Waals surface area contributed by atoms with Crippen molar-refractivity contribution in [3.8, 4) is 0 Å². The second-order valence-corrected chi connectivity index (χ2v) is 8.45. The molecule has 0 bridgehead atoms. The van der Waals surface area contributed by atoms with Crippen LogP contribution in [0.2, 0.25) is 0 Å². The summed E-state index contributed by atoms with van der Waals surface area (Å²) in [6.45, 7) is 7.19. The van der Waals surface area contributed by atoms with Crippen LogP contribution < -0.4 is 5.32 Å². The average molecular weight is 351 g/mol. The van der Waals surface area contributed by atoms with Crippen molar-refractivity contribution < 1.29 is 0 Å². The third-order valence-electron chi connectivity index (χ3n) is 5.23. The molecule has 0 radical (unpaired) electrons. The minimum atomic E-state index is 0.869. The molecule has 24 heavy (non-hydrogen) atoms. The normalized spacial score (nSPS) is 19.0. The van der Waals surface area contributed by atoms with Gasteiger partial charge in [0.15, 0.2) is 0 Å². The Bertz CT molecular complexity index is 372. The fourth-order valence-corrected chi connectivity index (χ4v) is 4.72. The summed E-state index contributed by atoms with van der Waals surface area (Å²) in [6.07, 6.45) is 20.4. The van der Waals surface area contributed by atoms with E-state index in [4.69, 9.17) is 0 Å². The largest absolute Gasteiger partial charge is 0.315 e. The molecule has 0 aromatic rings. The van der Waals surface area contributed by atoms with Crippen molar-refractivity contribution in [2.75, 3.05) is 31.9 Å². The molecule has 0 spiro atoms. The molecule has 0 amide bonds. The van der Waals surface area contributed by atoms with E-state index in [2.05, 4.69) is 47.1 Å². The Hall–Kier alpha value is -0.250. The van der Waals surface area contributed by atoms with Gasteiger partial charge in [0, 0.05) is 19.1 Å². The van der Waals surface area contributed by atoms with Gasteiger partial charge in [-0.15, -0.1) is 11.8 Å². The zero-order valence-corrected chi connectivity index (χ0v) is 16.6. The number of nitrogens with zero attached hydrogens (tertiary/aromatic N) is 1. The molecule has 0 aromatic heterocycles. The lowest BCUT2D eigenvalue weighted by atomic mass is 9.94. The van der Waals surface area contributed by atoms with E-state index in [0.29, 0.717) is 0 Å². The van der Waals surface area contributed by atoms with Crippen molar-refractivity contribution in [1.29, 1.82) is 0 Å². The molecule has 0 aliphatic heterocycles. The molecule has 0 atom stereocenters. The molecule has 0 heterocycles. The lowest BCUT2D eigenvalue weighted by Gasteiger charge is -2.34. The summed E-state index contributed by atoms with van der Waals surface area (Å²) in [5.74, 6) is 1.26. The Morgan fingerprint density at radius 3 is 2.75 bits per heavy atom. The van der Waals surface area contributed by atoms with Gasteiger partial charge < -0.3 is 5.32 Å². The number of unbranched alkanes of at least 4 members (excludes halogenated alkanes) is 1. The highest BCUT2D eigenvalue weighted by Gasteiger charge is 2.19. The van der Waals surface area contributed by atoms with Gasteiger partial charge >= 0.3 is 0 Å². The lowest BCUT2D eigenvalue weighted by Crippen LogP contribution is -2.41. The fourth-order valence-electron chi connectivity index (χ4n) is 3.73. The average Bonchev–Trinajstić information content (AvgIpc) is 2.65. The molecule has 2 aliphatic rings. The van der Waals surface area contributed by atoms with Crippen molar-refractivity contribution in [2.45, 2.75) is 77.2 Å². The van der Waals surface area contributed by atoms with Crippen LogP contribution in [-0.4, -0.2) is 42.9 Å². The van der Waals surface area contributed by atoms with E-state index < -0.39 is 0 Å². The van der Waals surface area contributed by atoms with E-state index in [1.807, 2.05) is 0 Å². The van der Waals surface area contributed by atoms with Gasteiger partial charge in [-0.1, -0.05) is 50.8 Å². The summed E-state index contributed by atoms with van der Waals surface area (Å²) in [4.78, 5) is 4.35. The van der Waals surface area contributed by atoms with Crippen LogP contribution in [0.1, 0.15) is 71.1 Å². The van der Waals surface area contributed by atoms with Gasteiger partial charge in [0.2, 0.25) is 0 Å². The van der Waals surface area contributed by atoms with Gasteiger partial charge in [-0.3, -0.25) is 4.90 Å². The van der Waals surface area contributed by atoms with E-state index in [1.54, 1.807) is 4.91 Å². The molecule has 138 valence electrons. The maximum atomic E-state index is 3.68. The molecule has 2 nitrogen and oxygen atoms in total. The number of nitrogens with one attached hydrogen (secondary N) is 1. The number of hydrogen-bond donors (Lipinski definition) is 1. The third kappa shape index (κ3) is 8.22. The quantitative estimate of drug-likeness (QED) is 0.476. The minimum absolute atomic E-state index is 0.869. The van der Waals surface area contributed by atoms with E-state index in [-0.39, 0.29) is 0 Å². The molecule has 0 unspecified atom stereocenters. The Kier molecular flexibility index (Phi) is 10.9. The summed E-state index contributed by atoms with van der Waals surface area (Å²) < 4.78 is 0. The topological polar surface area (TPSA) is 15.3 Å². The first-order valence-electron chi connectivity index (χ1n) is 10.3. The highest BCUT2D eigenvalue weighted by Crippen LogP contribution is 2.24. The maximum Gasteiger partial charge on any atom is 0.0110 e. The van der Waals surface area contributed by atoms with Crippen molar-refractivity contribution in [3.05, 3.63) is 23.1 Å². The minimum Gasteiger partial charge on any atom is -0.315 e. The summed E-state index contributed by atoms with van der Waals surface area (Å²) in [5.41, 5.74) is 0. The molecule has 0 aromatic carbocycles. The zero-order chi connectivity index (χ0) is 16.9. The lowest BCUT2D eigenvalue weighted by molar-refractivity contribution is 0.154. The Morgan fingerprint density at radius 2 is 2.00 bits per heavy atom. The van der Waals surface area contributed by atoms with Crippen LogP contribution in [0.4, 0.5) is 0 Å². The van der Waals surface area contributed by atoms with Crippen LogP contribution >= 0.6 is 11.8 Å². The molecule has 2 rings (SSSR count). The Balaban J connectivity index is 1.53. The van der Waals surface area contributed by atoms with Crippen LogP contribution in [0.3, 0.4) is 0 Å². The number of rotatable bonds is 12. The fraction of sp³-hybridized carbons (Fsp3) is 0.810.